The molecule has 3 aliphatic heterocycles. The van der Waals surface area contributed by atoms with Crippen LogP contribution < -0.4 is 16.4 Å². The zero-order valence-electron chi connectivity index (χ0n) is 25.2. The van der Waals surface area contributed by atoms with Crippen molar-refractivity contribution in [3.8, 4) is 11.5 Å². The Bertz CT molecular complexity index is 1880. The molecule has 5 amide bonds. The van der Waals surface area contributed by atoms with Gasteiger partial charge in [-0.1, -0.05) is 28.1 Å². The number of imide groups is 1. The van der Waals surface area contributed by atoms with E-state index in [1.54, 1.807) is 0 Å². The lowest BCUT2D eigenvalue weighted by molar-refractivity contribution is -0.161. The monoisotopic (exact) mass is 720 g/mol. The molecule has 0 bridgehead atoms. The van der Waals surface area contributed by atoms with Crippen molar-refractivity contribution in [2.45, 2.75) is 25.5 Å². The van der Waals surface area contributed by atoms with Crippen molar-refractivity contribution in [1.29, 1.82) is 0 Å². The van der Waals surface area contributed by atoms with Gasteiger partial charge in [-0.2, -0.15) is 0 Å². The number of carboxylic acid groups (broad SMARTS) is 2. The number of anilines is 1. The van der Waals surface area contributed by atoms with Gasteiger partial charge in [0.2, 0.25) is 5.60 Å². The smallest absolute Gasteiger partial charge is 0.354 e. The van der Waals surface area contributed by atoms with E-state index >= 15 is 0 Å². The van der Waals surface area contributed by atoms with Gasteiger partial charge in [-0.3, -0.25) is 28.9 Å². The third kappa shape index (κ3) is 6.28. The number of carbonyl (C=O) groups excluding carboxylic acids is 5. The molecule has 1 aromatic heterocycles. The van der Waals surface area contributed by atoms with Gasteiger partial charge in [0, 0.05) is 19.6 Å². The molecule has 0 aliphatic carbocycles. The summed E-state index contributed by atoms with van der Waals surface area (Å²) in [5.74, 6) is -8.80. The maximum Gasteiger partial charge on any atom is 0.354 e. The fraction of sp³-hybridized carbons (Fsp3) is 0.296. The van der Waals surface area contributed by atoms with Gasteiger partial charge in [0.15, 0.2) is 28.0 Å². The molecule has 22 heteroatoms. The number of oxime groups is 1. The number of aromatic hydroxyl groups is 2. The van der Waals surface area contributed by atoms with Crippen LogP contribution in [0, 0.1) is 0 Å². The second-order valence-corrected chi connectivity index (χ2v) is 12.7. The lowest BCUT2D eigenvalue weighted by Gasteiger charge is -2.19. The second-order valence-electron chi connectivity index (χ2n) is 11.1. The number of carboxylic acids is 2. The Kier molecular flexibility index (Phi) is 8.93. The van der Waals surface area contributed by atoms with E-state index in [0.29, 0.717) is 5.01 Å². The van der Waals surface area contributed by atoms with E-state index < -0.39 is 76.0 Å². The quantitative estimate of drug-likeness (QED) is 0.0613. The predicted octanol–water partition coefficient (Wildman–Crippen LogP) is -1.32. The van der Waals surface area contributed by atoms with Crippen molar-refractivity contribution >= 4 is 75.3 Å². The molecular weight excluding hydrogens is 696 g/mol. The van der Waals surface area contributed by atoms with Crippen LogP contribution in [-0.4, -0.2) is 125 Å². The second kappa shape index (κ2) is 12.7. The summed E-state index contributed by atoms with van der Waals surface area (Å²) < 4.78 is -0.0985. The average molecular weight is 721 g/mol. The first-order valence-electron chi connectivity index (χ1n) is 13.9. The average Bonchev–Trinajstić information content (AvgIpc) is 3.71. The standard InChI is InChI=1S/C27H25ClN8O12S/c1-27(2,25(46)47)48-33-16(15-18(28)49-26(29)32-15)20(40)31-12-8-34-7-11(17(24(44)45)36(34)23(12)43)19(39)30-3-4-35-21(41)9-5-13(37)14(38)6-10(9)22(35)42/h5-6,12,37-38H,3-4,7-8H2,1-2H3,(H2,29,32)(H,30,39)(H,31,40)(H,44,45)(H,46,47). The number of carbonyl (C=O) groups is 7. The highest BCUT2D eigenvalue weighted by Gasteiger charge is 2.50. The van der Waals surface area contributed by atoms with Crippen LogP contribution in [0.1, 0.15) is 40.3 Å². The number of benzene rings is 1. The van der Waals surface area contributed by atoms with E-state index in [-0.39, 0.29) is 58.0 Å². The highest BCUT2D eigenvalue weighted by Crippen LogP contribution is 2.34. The van der Waals surface area contributed by atoms with Gasteiger partial charge < -0.3 is 41.6 Å². The molecule has 0 radical (unpaired) electrons. The number of aromatic nitrogens is 1. The molecule has 1 saturated heterocycles. The van der Waals surface area contributed by atoms with Gasteiger partial charge >= 0.3 is 11.9 Å². The Morgan fingerprint density at radius 3 is 2.27 bits per heavy atom. The van der Waals surface area contributed by atoms with E-state index in [9.17, 15) is 54.0 Å². The molecule has 4 heterocycles. The zero-order chi connectivity index (χ0) is 36.1. The van der Waals surface area contributed by atoms with Gasteiger partial charge in [-0.15, -0.1) is 0 Å². The number of fused-ring (bicyclic) bond motifs is 2. The molecule has 0 saturated carbocycles. The number of nitrogens with two attached hydrogens (primary N) is 1. The number of phenolic OH excluding ortho intramolecular Hbond substituents is 2. The molecule has 1 unspecified atom stereocenters. The molecule has 258 valence electrons. The summed E-state index contributed by atoms with van der Waals surface area (Å²) in [5.41, 5.74) is 1.54. The van der Waals surface area contributed by atoms with E-state index in [4.69, 9.17) is 22.2 Å². The summed E-state index contributed by atoms with van der Waals surface area (Å²) in [5, 5.41) is 48.9. The fourth-order valence-corrected chi connectivity index (χ4v) is 5.85. The maximum atomic E-state index is 13.4. The van der Waals surface area contributed by atoms with E-state index in [2.05, 4.69) is 20.8 Å². The molecule has 3 aliphatic rings. The Hall–Kier alpha value is -5.80. The lowest BCUT2D eigenvalue weighted by atomic mass is 10.1. The largest absolute Gasteiger partial charge is 0.504 e. The van der Waals surface area contributed by atoms with Gasteiger partial charge in [0.1, 0.15) is 16.1 Å². The van der Waals surface area contributed by atoms with Crippen LogP contribution in [0.3, 0.4) is 0 Å². The first-order chi connectivity index (χ1) is 22.9. The summed E-state index contributed by atoms with van der Waals surface area (Å²) in [6, 6.07) is 0.490. The summed E-state index contributed by atoms with van der Waals surface area (Å²) in [6.07, 6.45) is 0. The normalized spacial score (nSPS) is 17.8. The van der Waals surface area contributed by atoms with Crippen molar-refractivity contribution in [3.63, 3.8) is 0 Å². The molecule has 2 aromatic rings. The Balaban J connectivity index is 1.28. The molecule has 1 atom stereocenters. The van der Waals surface area contributed by atoms with E-state index in [0.717, 1.165) is 42.2 Å². The van der Waals surface area contributed by atoms with Crippen molar-refractivity contribution in [1.82, 2.24) is 30.5 Å². The van der Waals surface area contributed by atoms with Gasteiger partial charge in [0.25, 0.3) is 29.5 Å². The van der Waals surface area contributed by atoms with Crippen LogP contribution in [0.4, 0.5) is 5.13 Å². The van der Waals surface area contributed by atoms with Gasteiger partial charge in [-0.25, -0.2) is 24.6 Å². The third-order valence-corrected chi connectivity index (χ3v) is 8.50. The highest BCUT2D eigenvalue weighted by atomic mass is 35.5. The van der Waals surface area contributed by atoms with Crippen LogP contribution in [0.5, 0.6) is 11.5 Å². The SMILES string of the molecule is CC(C)(ON=C(C(=O)NC1CN2CC(C(=O)NCCN3C(=O)c4cc(O)c(O)cc4C3=O)=C(C(=O)O)N2C1=O)c1nc(N)sc1Cl)C(=O)O. The molecule has 1 aromatic carbocycles. The molecule has 1 fully saturated rings. The third-order valence-electron chi connectivity index (χ3n) is 7.41. The number of hydrogen-bond donors (Lipinski definition) is 7. The minimum absolute atomic E-state index is 0.0620. The van der Waals surface area contributed by atoms with E-state index in [1.807, 2.05) is 0 Å². The summed E-state index contributed by atoms with van der Waals surface area (Å²) in [7, 11) is 0. The van der Waals surface area contributed by atoms with Crippen molar-refractivity contribution in [2.24, 2.45) is 5.16 Å². The first kappa shape index (κ1) is 34.5. The summed E-state index contributed by atoms with van der Waals surface area (Å²) in [4.78, 5) is 98.5. The molecule has 0 spiro atoms. The first-order valence-corrected chi connectivity index (χ1v) is 15.1. The molecular formula is C27H25ClN8O12S. The van der Waals surface area contributed by atoms with Crippen molar-refractivity contribution in [3.05, 3.63) is 44.6 Å². The Morgan fingerprint density at radius 2 is 1.73 bits per heavy atom. The zero-order valence-corrected chi connectivity index (χ0v) is 26.8. The van der Waals surface area contributed by atoms with Crippen LogP contribution >= 0.6 is 22.9 Å². The predicted molar refractivity (Wildman–Crippen MR) is 164 cm³/mol. The number of phenols is 2. The molecule has 5 rings (SSSR count). The van der Waals surface area contributed by atoms with Crippen LogP contribution in [0.2, 0.25) is 4.34 Å². The number of aliphatic carboxylic acids is 2. The number of nitrogens with one attached hydrogen (secondary N) is 2. The minimum Gasteiger partial charge on any atom is -0.504 e. The number of halogens is 1. The number of hydrazine groups is 1. The Labute approximate surface area is 282 Å². The topological polar surface area (TPSA) is 295 Å². The van der Waals surface area contributed by atoms with Gasteiger partial charge in [0.05, 0.1) is 23.2 Å². The number of thiazole rings is 1. The summed E-state index contributed by atoms with van der Waals surface area (Å²) in [6.45, 7) is 0.950. The van der Waals surface area contributed by atoms with E-state index in [1.165, 1.54) is 5.01 Å². The lowest BCUT2D eigenvalue weighted by Crippen LogP contribution is -2.46. The van der Waals surface area contributed by atoms with Gasteiger partial charge in [-0.05, 0) is 26.0 Å². The number of amides is 5. The Morgan fingerprint density at radius 1 is 1.12 bits per heavy atom. The fourth-order valence-electron chi connectivity index (χ4n) is 4.92. The van der Waals surface area contributed by atoms with Crippen LogP contribution in [0.15, 0.2) is 28.6 Å². The highest BCUT2D eigenvalue weighted by molar-refractivity contribution is 7.19. The molecule has 49 heavy (non-hydrogen) atoms. The molecule has 20 nitrogen and oxygen atoms in total. The number of nitrogen functional groups attached to an aromatic ring is 1. The molecule has 8 N–H and O–H groups in total. The van der Waals surface area contributed by atoms with Crippen molar-refractivity contribution in [2.75, 3.05) is 31.9 Å². The number of hydrogen-bond acceptors (Lipinski definition) is 15. The van der Waals surface area contributed by atoms with Crippen LogP contribution in [-0.2, 0) is 28.8 Å². The van der Waals surface area contributed by atoms with Crippen molar-refractivity contribution < 1.29 is 58.8 Å². The maximum absolute atomic E-state index is 13.4. The minimum atomic E-state index is -1.90. The number of rotatable bonds is 11. The number of nitrogens with zero attached hydrogens (tertiary/aromatic N) is 5. The van der Waals surface area contributed by atoms with Crippen LogP contribution in [0.25, 0.3) is 0 Å². The summed E-state index contributed by atoms with van der Waals surface area (Å²) >= 11 is 6.92.